The van der Waals surface area contributed by atoms with Crippen LogP contribution in [0.5, 0.6) is 0 Å². The highest BCUT2D eigenvalue weighted by atomic mass is 19.1. The maximum absolute atomic E-state index is 13.9. The number of nitrogens with zero attached hydrogens (tertiary/aromatic N) is 2. The molecule has 2 rings (SSSR count). The first-order valence-electron chi connectivity index (χ1n) is 5.50. The molecule has 0 aliphatic heterocycles. The number of aromatic nitrogens is 2. The van der Waals surface area contributed by atoms with E-state index in [9.17, 15) is 8.78 Å². The van der Waals surface area contributed by atoms with Crippen LogP contribution in [0, 0.1) is 18.6 Å². The predicted molar refractivity (Wildman–Crippen MR) is 61.9 cm³/mol. The first-order valence-corrected chi connectivity index (χ1v) is 5.50. The Labute approximate surface area is 103 Å². The van der Waals surface area contributed by atoms with Gasteiger partial charge in [0.05, 0.1) is 6.04 Å². The summed E-state index contributed by atoms with van der Waals surface area (Å²) in [5.74, 6) is -1.26. The zero-order valence-electron chi connectivity index (χ0n) is 10.3. The van der Waals surface area contributed by atoms with Crippen molar-refractivity contribution in [1.82, 2.24) is 15.5 Å². The Kier molecular flexibility index (Phi) is 3.38. The standard InChI is InChI=1S/C12H13F2N3O/c1-6-4-5-8(13)9(10(6)14)12-17-16-11(18-12)7(2)15-3/h4-5,7,15H,1-3H3. The zero-order valence-corrected chi connectivity index (χ0v) is 10.3. The minimum absolute atomic E-state index is 0.147. The molecule has 2 aromatic rings. The Morgan fingerprint density at radius 3 is 2.67 bits per heavy atom. The van der Waals surface area contributed by atoms with E-state index in [4.69, 9.17) is 4.42 Å². The van der Waals surface area contributed by atoms with Gasteiger partial charge in [0.2, 0.25) is 5.89 Å². The fraction of sp³-hybridized carbons (Fsp3) is 0.333. The van der Waals surface area contributed by atoms with Crippen molar-refractivity contribution in [1.29, 1.82) is 0 Å². The number of hydrogen-bond acceptors (Lipinski definition) is 4. The third kappa shape index (κ3) is 2.11. The minimum Gasteiger partial charge on any atom is -0.419 e. The van der Waals surface area contributed by atoms with Gasteiger partial charge in [-0.2, -0.15) is 0 Å². The van der Waals surface area contributed by atoms with Gasteiger partial charge in [-0.15, -0.1) is 10.2 Å². The van der Waals surface area contributed by atoms with E-state index >= 15 is 0 Å². The van der Waals surface area contributed by atoms with Gasteiger partial charge in [0.25, 0.3) is 5.89 Å². The quantitative estimate of drug-likeness (QED) is 0.913. The highest BCUT2D eigenvalue weighted by molar-refractivity contribution is 5.56. The van der Waals surface area contributed by atoms with E-state index in [0.717, 1.165) is 0 Å². The summed E-state index contributed by atoms with van der Waals surface area (Å²) in [6, 6.07) is 2.36. The summed E-state index contributed by atoms with van der Waals surface area (Å²) < 4.78 is 32.8. The predicted octanol–water partition coefficient (Wildman–Crippen LogP) is 2.60. The number of halogens is 2. The summed E-state index contributed by atoms with van der Waals surface area (Å²) in [7, 11) is 1.72. The third-order valence-electron chi connectivity index (χ3n) is 2.74. The summed E-state index contributed by atoms with van der Waals surface area (Å²) in [6.07, 6.45) is 0. The van der Waals surface area contributed by atoms with Crippen molar-refractivity contribution in [3.05, 3.63) is 35.2 Å². The van der Waals surface area contributed by atoms with Crippen LogP contribution in [0.4, 0.5) is 8.78 Å². The molecule has 0 spiro atoms. The number of hydrogen-bond donors (Lipinski definition) is 1. The first kappa shape index (κ1) is 12.6. The van der Waals surface area contributed by atoms with Gasteiger partial charge in [0, 0.05) is 0 Å². The van der Waals surface area contributed by atoms with Gasteiger partial charge in [-0.3, -0.25) is 0 Å². The van der Waals surface area contributed by atoms with Gasteiger partial charge in [-0.05, 0) is 32.5 Å². The van der Waals surface area contributed by atoms with Crippen LogP contribution in [0.2, 0.25) is 0 Å². The molecule has 1 aromatic carbocycles. The molecule has 0 fully saturated rings. The van der Waals surface area contributed by atoms with E-state index in [1.807, 2.05) is 0 Å². The van der Waals surface area contributed by atoms with Crippen molar-refractivity contribution in [2.24, 2.45) is 0 Å². The number of benzene rings is 1. The Bertz CT molecular complexity index is 568. The monoisotopic (exact) mass is 253 g/mol. The number of rotatable bonds is 3. The highest BCUT2D eigenvalue weighted by Gasteiger charge is 2.20. The van der Waals surface area contributed by atoms with Crippen LogP contribution < -0.4 is 5.32 Å². The van der Waals surface area contributed by atoms with Gasteiger partial charge in [0.15, 0.2) is 0 Å². The summed E-state index contributed by atoms with van der Waals surface area (Å²) in [5, 5.41) is 10.3. The molecule has 1 aromatic heterocycles. The van der Waals surface area contributed by atoms with Gasteiger partial charge >= 0.3 is 0 Å². The van der Waals surface area contributed by atoms with E-state index in [0.29, 0.717) is 5.56 Å². The minimum atomic E-state index is -0.717. The summed E-state index contributed by atoms with van der Waals surface area (Å²) in [6.45, 7) is 3.35. The SMILES string of the molecule is CNC(C)c1nnc(-c2c(F)ccc(C)c2F)o1. The molecule has 96 valence electrons. The number of aryl methyl sites for hydroxylation is 1. The Balaban J connectivity index is 2.49. The van der Waals surface area contributed by atoms with Crippen LogP contribution in [0.25, 0.3) is 11.5 Å². The largest absolute Gasteiger partial charge is 0.419 e. The van der Waals surface area contributed by atoms with Crippen LogP contribution in [0.1, 0.15) is 24.4 Å². The van der Waals surface area contributed by atoms with Gasteiger partial charge < -0.3 is 9.73 Å². The van der Waals surface area contributed by atoms with E-state index in [1.165, 1.54) is 12.1 Å². The highest BCUT2D eigenvalue weighted by Crippen LogP contribution is 2.27. The summed E-state index contributed by atoms with van der Waals surface area (Å²) >= 11 is 0. The fourth-order valence-electron chi connectivity index (χ4n) is 1.49. The van der Waals surface area contributed by atoms with Crippen LogP contribution in [0.15, 0.2) is 16.5 Å². The van der Waals surface area contributed by atoms with Crippen LogP contribution in [-0.2, 0) is 0 Å². The van der Waals surface area contributed by atoms with Crippen LogP contribution in [-0.4, -0.2) is 17.2 Å². The summed E-state index contributed by atoms with van der Waals surface area (Å²) in [4.78, 5) is 0. The molecule has 1 N–H and O–H groups in total. The average molecular weight is 253 g/mol. The van der Waals surface area contributed by atoms with Crippen molar-refractivity contribution in [2.75, 3.05) is 7.05 Å². The van der Waals surface area contributed by atoms with Gasteiger partial charge in [-0.25, -0.2) is 8.78 Å². The van der Waals surface area contributed by atoms with Crippen molar-refractivity contribution < 1.29 is 13.2 Å². The van der Waals surface area contributed by atoms with Crippen LogP contribution in [0.3, 0.4) is 0 Å². The van der Waals surface area contributed by atoms with E-state index in [1.54, 1.807) is 20.9 Å². The van der Waals surface area contributed by atoms with Crippen molar-refractivity contribution >= 4 is 0 Å². The second-order valence-corrected chi connectivity index (χ2v) is 4.01. The molecular formula is C12H13F2N3O. The molecular weight excluding hydrogens is 240 g/mol. The van der Waals surface area contributed by atoms with E-state index in [2.05, 4.69) is 15.5 Å². The molecule has 0 aliphatic carbocycles. The van der Waals surface area contributed by atoms with Crippen molar-refractivity contribution in [2.45, 2.75) is 19.9 Å². The van der Waals surface area contributed by atoms with Crippen molar-refractivity contribution in [3.63, 3.8) is 0 Å². The lowest BCUT2D eigenvalue weighted by molar-refractivity contribution is 0.437. The summed E-state index contributed by atoms with van der Waals surface area (Å²) in [5.41, 5.74) is 0.0462. The molecule has 18 heavy (non-hydrogen) atoms. The Hall–Kier alpha value is -1.82. The molecule has 1 heterocycles. The van der Waals surface area contributed by atoms with E-state index in [-0.39, 0.29) is 23.4 Å². The maximum atomic E-state index is 13.9. The normalized spacial score (nSPS) is 12.7. The van der Waals surface area contributed by atoms with Crippen molar-refractivity contribution in [3.8, 4) is 11.5 Å². The lowest BCUT2D eigenvalue weighted by Crippen LogP contribution is -2.12. The topological polar surface area (TPSA) is 51.0 Å². The zero-order chi connectivity index (χ0) is 13.3. The smallest absolute Gasteiger partial charge is 0.253 e. The second kappa shape index (κ2) is 4.81. The third-order valence-corrected chi connectivity index (χ3v) is 2.74. The molecule has 0 bridgehead atoms. The lowest BCUT2D eigenvalue weighted by atomic mass is 10.1. The second-order valence-electron chi connectivity index (χ2n) is 4.01. The lowest BCUT2D eigenvalue weighted by Gasteiger charge is -2.04. The molecule has 1 unspecified atom stereocenters. The molecule has 0 saturated carbocycles. The Morgan fingerprint density at radius 1 is 1.28 bits per heavy atom. The van der Waals surface area contributed by atoms with Gasteiger partial charge in [0.1, 0.15) is 17.2 Å². The maximum Gasteiger partial charge on any atom is 0.253 e. The molecule has 1 atom stereocenters. The molecule has 0 radical (unpaired) electrons. The van der Waals surface area contributed by atoms with Gasteiger partial charge in [-0.1, -0.05) is 6.07 Å². The average Bonchev–Trinajstić information content (AvgIpc) is 2.83. The Morgan fingerprint density at radius 2 is 2.00 bits per heavy atom. The molecule has 0 saturated heterocycles. The van der Waals surface area contributed by atoms with E-state index < -0.39 is 11.6 Å². The number of nitrogens with one attached hydrogen (secondary N) is 1. The molecule has 4 nitrogen and oxygen atoms in total. The fourth-order valence-corrected chi connectivity index (χ4v) is 1.49. The first-order chi connectivity index (χ1) is 8.54. The van der Waals surface area contributed by atoms with Crippen LogP contribution >= 0.6 is 0 Å². The molecule has 6 heteroatoms. The molecule has 0 aliphatic rings. The molecule has 0 amide bonds.